The van der Waals surface area contributed by atoms with Crippen molar-refractivity contribution in [3.8, 4) is 0 Å². The van der Waals surface area contributed by atoms with E-state index in [0.717, 1.165) is 5.69 Å². The molecular formula is C15H20N4O5S. The van der Waals surface area contributed by atoms with E-state index in [1.165, 1.54) is 8.99 Å². The van der Waals surface area contributed by atoms with Gasteiger partial charge in [0.05, 0.1) is 12.3 Å². The Morgan fingerprint density at radius 1 is 1.36 bits per heavy atom. The molecule has 0 N–H and O–H groups in total. The highest BCUT2D eigenvalue weighted by molar-refractivity contribution is 7.89. The zero-order chi connectivity index (χ0) is 18.4. The van der Waals surface area contributed by atoms with Gasteiger partial charge in [-0.05, 0) is 20.8 Å². The Balaban J connectivity index is 2.00. The topological polar surface area (TPSA) is 108 Å². The lowest BCUT2D eigenvalue weighted by molar-refractivity contribution is 0.0511. The van der Waals surface area contributed by atoms with Crippen LogP contribution in [0.3, 0.4) is 0 Å². The van der Waals surface area contributed by atoms with Gasteiger partial charge in [0.2, 0.25) is 10.0 Å². The number of sulfonamides is 1. The van der Waals surface area contributed by atoms with Gasteiger partial charge in [0.25, 0.3) is 0 Å². The van der Waals surface area contributed by atoms with Crippen molar-refractivity contribution in [2.75, 3.05) is 13.2 Å². The molecule has 0 fully saturated rings. The van der Waals surface area contributed by atoms with E-state index in [2.05, 4.69) is 10.3 Å². The molecule has 1 aliphatic heterocycles. The molecule has 0 unspecified atom stereocenters. The number of rotatable bonds is 4. The predicted molar refractivity (Wildman–Crippen MR) is 86.4 cm³/mol. The SMILES string of the molecule is CCOC(=O)c1c2c(nn1C)CCN(S(=O)(=O)c1c(C)noc1C)C2. The molecule has 136 valence electrons. The number of hydrogen-bond donors (Lipinski definition) is 0. The van der Waals surface area contributed by atoms with Crippen LogP contribution < -0.4 is 0 Å². The molecule has 2 aromatic heterocycles. The van der Waals surface area contributed by atoms with Crippen LogP contribution in [0.2, 0.25) is 0 Å². The second-order valence-corrected chi connectivity index (χ2v) is 7.73. The fraction of sp³-hybridized carbons (Fsp3) is 0.533. The van der Waals surface area contributed by atoms with E-state index < -0.39 is 16.0 Å². The smallest absolute Gasteiger partial charge is 0.356 e. The van der Waals surface area contributed by atoms with E-state index in [9.17, 15) is 13.2 Å². The summed E-state index contributed by atoms with van der Waals surface area (Å²) in [6.45, 7) is 5.44. The molecule has 25 heavy (non-hydrogen) atoms. The van der Waals surface area contributed by atoms with Crippen LogP contribution in [-0.2, 0) is 34.8 Å². The number of aryl methyl sites for hydroxylation is 3. The maximum atomic E-state index is 13.0. The second kappa shape index (κ2) is 6.26. The monoisotopic (exact) mass is 368 g/mol. The highest BCUT2D eigenvalue weighted by atomic mass is 32.2. The average Bonchev–Trinajstić information content (AvgIpc) is 3.05. The van der Waals surface area contributed by atoms with Crippen LogP contribution in [0.5, 0.6) is 0 Å². The first kappa shape index (κ1) is 17.6. The quantitative estimate of drug-likeness (QED) is 0.739. The van der Waals surface area contributed by atoms with Gasteiger partial charge < -0.3 is 9.26 Å². The highest BCUT2D eigenvalue weighted by Crippen LogP contribution is 2.29. The van der Waals surface area contributed by atoms with E-state index in [1.807, 2.05) is 0 Å². The van der Waals surface area contributed by atoms with Crippen molar-refractivity contribution in [1.82, 2.24) is 19.2 Å². The van der Waals surface area contributed by atoms with Crippen LogP contribution in [0.25, 0.3) is 0 Å². The minimum Gasteiger partial charge on any atom is -0.461 e. The van der Waals surface area contributed by atoms with Crippen molar-refractivity contribution in [2.24, 2.45) is 7.05 Å². The standard InChI is InChI=1S/C15H20N4O5S/c1-5-23-15(20)13-11-8-19(7-6-12(11)16-18(13)4)25(21,22)14-9(2)17-24-10(14)3/h5-8H2,1-4H3. The maximum absolute atomic E-state index is 13.0. The van der Waals surface area contributed by atoms with Crippen molar-refractivity contribution in [3.63, 3.8) is 0 Å². The number of carbonyl (C=O) groups excluding carboxylic acids is 1. The minimum atomic E-state index is -3.78. The van der Waals surface area contributed by atoms with E-state index in [1.54, 1.807) is 27.8 Å². The van der Waals surface area contributed by atoms with Crippen LogP contribution >= 0.6 is 0 Å². The summed E-state index contributed by atoms with van der Waals surface area (Å²) in [5.41, 5.74) is 1.91. The molecule has 3 heterocycles. The van der Waals surface area contributed by atoms with E-state index in [4.69, 9.17) is 9.26 Å². The number of aromatic nitrogens is 3. The van der Waals surface area contributed by atoms with E-state index in [0.29, 0.717) is 17.7 Å². The van der Waals surface area contributed by atoms with Crippen LogP contribution in [0, 0.1) is 13.8 Å². The zero-order valence-electron chi connectivity index (χ0n) is 14.6. The molecule has 0 radical (unpaired) electrons. The molecule has 0 saturated carbocycles. The van der Waals surface area contributed by atoms with Gasteiger partial charge in [0.15, 0.2) is 11.5 Å². The fourth-order valence-electron chi connectivity index (χ4n) is 3.11. The summed E-state index contributed by atoms with van der Waals surface area (Å²) in [4.78, 5) is 12.3. The molecule has 3 rings (SSSR count). The summed E-state index contributed by atoms with van der Waals surface area (Å²) in [7, 11) is -2.13. The number of ether oxygens (including phenoxy) is 1. The first-order valence-corrected chi connectivity index (χ1v) is 9.36. The number of fused-ring (bicyclic) bond motifs is 1. The lowest BCUT2D eigenvalue weighted by Gasteiger charge is -2.25. The average molecular weight is 368 g/mol. The van der Waals surface area contributed by atoms with E-state index in [-0.39, 0.29) is 36.0 Å². The van der Waals surface area contributed by atoms with Gasteiger partial charge in [-0.3, -0.25) is 4.68 Å². The molecule has 0 spiro atoms. The Labute approximate surface area is 145 Å². The maximum Gasteiger partial charge on any atom is 0.356 e. The van der Waals surface area contributed by atoms with Gasteiger partial charge in [-0.25, -0.2) is 13.2 Å². The van der Waals surface area contributed by atoms with Crippen LogP contribution in [0.4, 0.5) is 0 Å². The first-order chi connectivity index (χ1) is 11.8. The van der Waals surface area contributed by atoms with Crippen molar-refractivity contribution in [2.45, 2.75) is 38.6 Å². The van der Waals surface area contributed by atoms with Gasteiger partial charge in [-0.15, -0.1) is 0 Å². The van der Waals surface area contributed by atoms with Crippen LogP contribution in [-0.4, -0.2) is 46.8 Å². The first-order valence-electron chi connectivity index (χ1n) is 7.92. The molecule has 0 aromatic carbocycles. The lowest BCUT2D eigenvalue weighted by atomic mass is 10.1. The molecule has 1 aliphatic rings. The summed E-state index contributed by atoms with van der Waals surface area (Å²) in [5.74, 6) is -0.254. The zero-order valence-corrected chi connectivity index (χ0v) is 15.4. The summed E-state index contributed by atoms with van der Waals surface area (Å²) in [6, 6.07) is 0. The van der Waals surface area contributed by atoms with E-state index >= 15 is 0 Å². The summed E-state index contributed by atoms with van der Waals surface area (Å²) in [6.07, 6.45) is 0.422. The van der Waals surface area contributed by atoms with Crippen molar-refractivity contribution >= 4 is 16.0 Å². The predicted octanol–water partition coefficient (Wildman–Crippen LogP) is 0.949. The van der Waals surface area contributed by atoms with Gasteiger partial charge >= 0.3 is 5.97 Å². The van der Waals surface area contributed by atoms with Crippen molar-refractivity contribution in [1.29, 1.82) is 0 Å². The number of hydrogen-bond acceptors (Lipinski definition) is 7. The van der Waals surface area contributed by atoms with Gasteiger partial charge in [-0.1, -0.05) is 5.16 Å². The summed E-state index contributed by atoms with van der Waals surface area (Å²) >= 11 is 0. The Bertz CT molecular complexity index is 909. The fourth-order valence-corrected chi connectivity index (χ4v) is 4.81. The Hall–Kier alpha value is -2.20. The third-order valence-electron chi connectivity index (χ3n) is 4.20. The molecular weight excluding hydrogens is 348 g/mol. The number of esters is 1. The third kappa shape index (κ3) is 2.85. The van der Waals surface area contributed by atoms with Gasteiger partial charge in [0.1, 0.15) is 10.6 Å². The van der Waals surface area contributed by atoms with Crippen LogP contribution in [0.15, 0.2) is 9.42 Å². The van der Waals surface area contributed by atoms with Gasteiger partial charge in [0, 0.05) is 32.1 Å². The molecule has 0 atom stereocenters. The van der Waals surface area contributed by atoms with Crippen LogP contribution in [0.1, 0.15) is 40.1 Å². The van der Waals surface area contributed by atoms with Crippen molar-refractivity contribution < 1.29 is 22.5 Å². The molecule has 0 aliphatic carbocycles. The van der Waals surface area contributed by atoms with Crippen molar-refractivity contribution in [3.05, 3.63) is 28.4 Å². The number of carbonyl (C=O) groups is 1. The minimum absolute atomic E-state index is 0.0592. The summed E-state index contributed by atoms with van der Waals surface area (Å²) in [5, 5.41) is 8.06. The molecule has 2 aromatic rings. The van der Waals surface area contributed by atoms with Gasteiger partial charge in [-0.2, -0.15) is 9.40 Å². The second-order valence-electron chi connectivity index (χ2n) is 5.86. The lowest BCUT2D eigenvalue weighted by Crippen LogP contribution is -2.36. The molecule has 10 heteroatoms. The molecule has 9 nitrogen and oxygen atoms in total. The highest BCUT2D eigenvalue weighted by Gasteiger charge is 2.36. The summed E-state index contributed by atoms with van der Waals surface area (Å²) < 4.78 is 38.8. The Morgan fingerprint density at radius 2 is 2.08 bits per heavy atom. The third-order valence-corrected chi connectivity index (χ3v) is 6.29. The number of nitrogens with zero attached hydrogens (tertiary/aromatic N) is 4. The Kier molecular flexibility index (Phi) is 4.41. The Morgan fingerprint density at radius 3 is 2.68 bits per heavy atom. The normalized spacial score (nSPS) is 15.2. The molecule has 0 amide bonds. The molecule has 0 bridgehead atoms. The molecule has 0 saturated heterocycles. The largest absolute Gasteiger partial charge is 0.461 e.